The van der Waals surface area contributed by atoms with Gasteiger partial charge >= 0.3 is 6.18 Å². The Balaban J connectivity index is 0.000000547. The summed E-state index contributed by atoms with van der Waals surface area (Å²) in [6.45, 7) is 15.5. The largest absolute Gasteiger partial charge is 0.393 e. The Labute approximate surface area is 263 Å². The number of aliphatic hydroxyl groups is 1. The maximum atomic E-state index is 11.2. The van der Waals surface area contributed by atoms with E-state index in [9.17, 15) is 23.1 Å². The Morgan fingerprint density at radius 2 is 1.70 bits per heavy atom. The van der Waals surface area contributed by atoms with Crippen LogP contribution < -0.4 is 5.32 Å². The third-order valence-electron chi connectivity index (χ3n) is 7.21. The van der Waals surface area contributed by atoms with Crippen LogP contribution in [0.25, 0.3) is 10.3 Å². The Hall–Kier alpha value is -2.00. The van der Waals surface area contributed by atoms with Gasteiger partial charge in [0.15, 0.2) is 0 Å². The summed E-state index contributed by atoms with van der Waals surface area (Å²) in [4.78, 5) is 19.9. The number of rotatable bonds is 10. The van der Waals surface area contributed by atoms with Crippen molar-refractivity contribution in [2.24, 2.45) is 11.8 Å². The van der Waals surface area contributed by atoms with E-state index in [1.54, 1.807) is 11.3 Å². The average molecular weight is 630 g/mol. The van der Waals surface area contributed by atoms with Crippen LogP contribution in [0.4, 0.5) is 13.2 Å². The molecule has 5 nitrogen and oxygen atoms in total. The number of halogens is 3. The smallest absolute Gasteiger partial charge is 0.391 e. The van der Waals surface area contributed by atoms with Crippen molar-refractivity contribution in [1.82, 2.24) is 15.3 Å². The van der Waals surface area contributed by atoms with Gasteiger partial charge in [0.2, 0.25) is 6.41 Å². The number of fused-ring (bicyclic) bond motifs is 2. The zero-order valence-electron chi connectivity index (χ0n) is 27.7. The Morgan fingerprint density at radius 1 is 1.05 bits per heavy atom. The molecule has 0 radical (unpaired) electrons. The molecule has 1 fully saturated rings. The number of amides is 1. The molecule has 248 valence electrons. The number of carbonyl (C=O) groups is 1. The number of nitrogens with zero attached hydrogens (tertiary/aromatic N) is 2. The molecule has 0 bridgehead atoms. The Kier molecular flexibility index (Phi) is 23.2. The second kappa shape index (κ2) is 24.3. The van der Waals surface area contributed by atoms with E-state index >= 15 is 0 Å². The molecule has 2 heterocycles. The molecular formula is C34H58F3N3O2S. The minimum Gasteiger partial charge on any atom is -0.393 e. The predicted molar refractivity (Wildman–Crippen MR) is 177 cm³/mol. The lowest BCUT2D eigenvalue weighted by molar-refractivity contribution is -0.147. The maximum Gasteiger partial charge on any atom is 0.391 e. The number of carbonyl (C=O) groups excluding carboxylic acids is 1. The van der Waals surface area contributed by atoms with Crippen molar-refractivity contribution in [2.75, 3.05) is 6.54 Å². The number of hydrogen-bond donors (Lipinski definition) is 2. The normalized spacial score (nSPS) is 15.2. The lowest BCUT2D eigenvalue weighted by atomic mass is 9.96. The molecule has 2 atom stereocenters. The van der Waals surface area contributed by atoms with Crippen LogP contribution in [0.2, 0.25) is 0 Å². The molecule has 4 rings (SSSR count). The van der Waals surface area contributed by atoms with E-state index in [0.717, 1.165) is 72.8 Å². The molecule has 0 aromatic carbocycles. The van der Waals surface area contributed by atoms with E-state index in [1.807, 2.05) is 32.9 Å². The third kappa shape index (κ3) is 20.6. The fourth-order valence-corrected chi connectivity index (χ4v) is 4.79. The Bertz CT molecular complexity index is 960. The first-order chi connectivity index (χ1) is 20.5. The third-order valence-corrected chi connectivity index (χ3v) is 8.09. The zero-order valence-corrected chi connectivity index (χ0v) is 28.5. The molecular weight excluding hydrogens is 571 g/mol. The van der Waals surface area contributed by atoms with E-state index in [4.69, 9.17) is 4.98 Å². The van der Waals surface area contributed by atoms with Gasteiger partial charge in [0.05, 0.1) is 17.0 Å². The van der Waals surface area contributed by atoms with Crippen LogP contribution in [0.1, 0.15) is 128 Å². The van der Waals surface area contributed by atoms with Crippen molar-refractivity contribution in [3.8, 4) is 0 Å². The minimum atomic E-state index is -3.89. The highest BCUT2D eigenvalue weighted by molar-refractivity contribution is 7.18. The van der Waals surface area contributed by atoms with Crippen molar-refractivity contribution in [2.45, 2.75) is 144 Å². The molecule has 2 aliphatic rings. The van der Waals surface area contributed by atoms with Gasteiger partial charge in [-0.2, -0.15) is 13.2 Å². The maximum absolute atomic E-state index is 11.2. The number of pyridine rings is 1. The van der Waals surface area contributed by atoms with Crippen molar-refractivity contribution < 1.29 is 23.1 Å². The summed E-state index contributed by atoms with van der Waals surface area (Å²) in [7, 11) is 0. The molecule has 2 aliphatic carbocycles. The summed E-state index contributed by atoms with van der Waals surface area (Å²) in [5, 5.41) is 13.1. The number of aliphatic hydroxyl groups excluding tert-OH is 1. The fourth-order valence-electron chi connectivity index (χ4n) is 4.00. The van der Waals surface area contributed by atoms with Crippen molar-refractivity contribution >= 4 is 28.1 Å². The SMILES string of the molecule is C/C=C\C.CCCC(O)CCC(C)CC.CCCCNC=O.Cc1nc2cc3c(nc2s1)CCCC3.FC(F)(F)C1CC1. The molecule has 2 aromatic heterocycles. The number of alkyl halides is 3. The number of unbranched alkanes of at least 4 members (excludes halogenated alkanes) is 1. The van der Waals surface area contributed by atoms with E-state index in [-0.39, 0.29) is 6.10 Å². The van der Waals surface area contributed by atoms with Crippen LogP contribution in [0, 0.1) is 18.8 Å². The summed E-state index contributed by atoms with van der Waals surface area (Å²) in [6, 6.07) is 2.24. The van der Waals surface area contributed by atoms with E-state index in [0.29, 0.717) is 12.8 Å². The fraction of sp³-hybridized carbons (Fsp3) is 0.735. The van der Waals surface area contributed by atoms with Crippen LogP contribution in [-0.2, 0) is 17.6 Å². The minimum absolute atomic E-state index is 0.0472. The predicted octanol–water partition coefficient (Wildman–Crippen LogP) is 9.93. The van der Waals surface area contributed by atoms with Gasteiger partial charge in [-0.05, 0) is 103 Å². The van der Waals surface area contributed by atoms with Gasteiger partial charge < -0.3 is 10.4 Å². The summed E-state index contributed by atoms with van der Waals surface area (Å²) in [6.07, 6.45) is 14.1. The lowest BCUT2D eigenvalue weighted by Gasteiger charge is -2.13. The van der Waals surface area contributed by atoms with E-state index in [1.165, 1.54) is 43.4 Å². The standard InChI is InChI=1S/C11H12N2S.C10H22O.C5H11NO.C4H5F3.C4H8/c1-7-12-10-6-8-4-2-3-5-9(8)13-11(10)14-7;1-4-6-10(11)8-7-9(3)5-2;1-2-3-4-6-5-7;5-4(6,7)3-1-2-3;1-3-4-2/h6H,2-5H2,1H3;9-11H,4-8H2,1-3H3;5H,2-4H2,1H3,(H,6,7);3H,1-2H2;3-4H,1-2H3/b;;;;4-3-. The number of hydrogen-bond acceptors (Lipinski definition) is 5. The van der Waals surface area contributed by atoms with Crippen LogP contribution in [0.5, 0.6) is 0 Å². The number of thiazole rings is 1. The van der Waals surface area contributed by atoms with Gasteiger partial charge in [-0.3, -0.25) is 4.79 Å². The van der Waals surface area contributed by atoms with Crippen LogP contribution in [-0.4, -0.2) is 40.3 Å². The molecule has 0 saturated heterocycles. The molecule has 2 unspecified atom stereocenters. The Morgan fingerprint density at radius 3 is 2.19 bits per heavy atom. The number of nitrogens with one attached hydrogen (secondary N) is 1. The second-order valence-corrected chi connectivity index (χ2v) is 12.5. The van der Waals surface area contributed by atoms with Crippen LogP contribution in [0.3, 0.4) is 0 Å². The van der Waals surface area contributed by atoms with E-state index in [2.05, 4.69) is 44.1 Å². The first-order valence-electron chi connectivity index (χ1n) is 16.2. The number of aryl methyl sites for hydroxylation is 3. The summed E-state index contributed by atoms with van der Waals surface area (Å²) in [5.74, 6) is -0.172. The molecule has 1 saturated carbocycles. The first-order valence-corrected chi connectivity index (χ1v) is 17.0. The molecule has 9 heteroatoms. The van der Waals surface area contributed by atoms with Crippen LogP contribution >= 0.6 is 11.3 Å². The molecule has 2 N–H and O–H groups in total. The van der Waals surface area contributed by atoms with Crippen molar-refractivity contribution in [1.29, 1.82) is 0 Å². The second-order valence-electron chi connectivity index (χ2n) is 11.3. The van der Waals surface area contributed by atoms with Gasteiger partial charge in [-0.25, -0.2) is 9.97 Å². The van der Waals surface area contributed by atoms with E-state index < -0.39 is 12.1 Å². The lowest BCUT2D eigenvalue weighted by Crippen LogP contribution is -2.11. The first kappa shape index (κ1) is 41.0. The van der Waals surface area contributed by atoms with Gasteiger partial charge in [0, 0.05) is 12.2 Å². The zero-order chi connectivity index (χ0) is 32.7. The molecule has 2 aromatic rings. The molecule has 1 amide bonds. The summed E-state index contributed by atoms with van der Waals surface area (Å²) >= 11 is 1.70. The molecule has 0 aliphatic heterocycles. The quantitative estimate of drug-likeness (QED) is 0.156. The van der Waals surface area contributed by atoms with Crippen LogP contribution in [0.15, 0.2) is 18.2 Å². The average Bonchev–Trinajstić information content (AvgIpc) is 3.79. The number of aromatic nitrogens is 2. The summed E-state index contributed by atoms with van der Waals surface area (Å²) in [5.41, 5.74) is 3.83. The monoisotopic (exact) mass is 629 g/mol. The van der Waals surface area contributed by atoms with Gasteiger partial charge in [0.25, 0.3) is 0 Å². The van der Waals surface area contributed by atoms with Gasteiger partial charge in [0.1, 0.15) is 10.3 Å². The van der Waals surface area contributed by atoms with Gasteiger partial charge in [-0.1, -0.05) is 70.4 Å². The highest BCUT2D eigenvalue weighted by atomic mass is 32.1. The highest BCUT2D eigenvalue weighted by Gasteiger charge is 2.46. The highest BCUT2D eigenvalue weighted by Crippen LogP contribution is 2.43. The van der Waals surface area contributed by atoms with Crippen molar-refractivity contribution in [3.05, 3.63) is 34.5 Å². The number of allylic oxidation sites excluding steroid dienone is 2. The summed E-state index contributed by atoms with van der Waals surface area (Å²) < 4.78 is 33.7. The topological polar surface area (TPSA) is 75.1 Å². The molecule has 0 spiro atoms. The van der Waals surface area contributed by atoms with Crippen molar-refractivity contribution in [3.63, 3.8) is 0 Å². The van der Waals surface area contributed by atoms with Gasteiger partial charge in [-0.15, -0.1) is 0 Å². The molecule has 43 heavy (non-hydrogen) atoms.